The number of carbonyl (C=O) groups is 1. The van der Waals surface area contributed by atoms with Crippen molar-refractivity contribution in [1.82, 2.24) is 9.97 Å². The van der Waals surface area contributed by atoms with Crippen molar-refractivity contribution in [3.8, 4) is 11.3 Å². The second-order valence-corrected chi connectivity index (χ2v) is 6.92. The number of aryl methyl sites for hydroxylation is 1. The Kier molecular flexibility index (Phi) is 4.26. The second-order valence-electron chi connectivity index (χ2n) is 6.06. The summed E-state index contributed by atoms with van der Waals surface area (Å²) >= 11 is 1.39. The fourth-order valence-corrected chi connectivity index (χ4v) is 3.72. The van der Waals surface area contributed by atoms with Gasteiger partial charge in [0.25, 0.3) is 0 Å². The molecule has 0 saturated heterocycles. The molecule has 2 aromatic heterocycles. The molecule has 2 heterocycles. The number of aromatic nitrogens is 2. The number of rotatable bonds is 4. The first-order chi connectivity index (χ1) is 12.6. The van der Waals surface area contributed by atoms with Crippen LogP contribution in [0.2, 0.25) is 0 Å². The first kappa shape index (κ1) is 16.5. The van der Waals surface area contributed by atoms with E-state index in [-0.39, 0.29) is 18.1 Å². The van der Waals surface area contributed by atoms with E-state index in [1.165, 1.54) is 23.5 Å². The minimum Gasteiger partial charge on any atom is -0.358 e. The highest BCUT2D eigenvalue weighted by Gasteiger charge is 2.14. The van der Waals surface area contributed by atoms with E-state index in [9.17, 15) is 9.18 Å². The van der Waals surface area contributed by atoms with Gasteiger partial charge >= 0.3 is 0 Å². The van der Waals surface area contributed by atoms with E-state index < -0.39 is 0 Å². The zero-order valence-electron chi connectivity index (χ0n) is 14.0. The molecule has 0 aliphatic heterocycles. The molecule has 4 aromatic rings. The molecule has 6 heteroatoms. The number of amides is 1. The van der Waals surface area contributed by atoms with Crippen molar-refractivity contribution in [1.29, 1.82) is 0 Å². The molecule has 0 unspecified atom stereocenters. The summed E-state index contributed by atoms with van der Waals surface area (Å²) in [5.74, 6) is -0.485. The molecule has 0 aliphatic rings. The third-order valence-corrected chi connectivity index (χ3v) is 4.94. The van der Waals surface area contributed by atoms with Crippen LogP contribution in [0.25, 0.3) is 22.2 Å². The van der Waals surface area contributed by atoms with Crippen LogP contribution >= 0.6 is 11.3 Å². The number of nitrogens with one attached hydrogen (secondary N) is 2. The van der Waals surface area contributed by atoms with Crippen LogP contribution in [-0.4, -0.2) is 15.9 Å². The number of anilines is 1. The first-order valence-electron chi connectivity index (χ1n) is 8.17. The van der Waals surface area contributed by atoms with Gasteiger partial charge in [0.1, 0.15) is 5.82 Å². The van der Waals surface area contributed by atoms with E-state index >= 15 is 0 Å². The lowest BCUT2D eigenvalue weighted by Crippen LogP contribution is -2.14. The number of aromatic amines is 1. The largest absolute Gasteiger partial charge is 0.358 e. The SMILES string of the molecule is Cc1[nH]c2ccccc2c1-c1csc(NC(=O)Cc2ccc(F)cc2)n1. The minimum atomic E-state index is -0.312. The molecule has 0 atom stereocenters. The average Bonchev–Trinajstić information content (AvgIpc) is 3.19. The third-order valence-electron chi connectivity index (χ3n) is 4.18. The van der Waals surface area contributed by atoms with Crippen molar-refractivity contribution in [2.24, 2.45) is 0 Å². The Labute approximate surface area is 153 Å². The smallest absolute Gasteiger partial charge is 0.230 e. The summed E-state index contributed by atoms with van der Waals surface area (Å²) in [6.45, 7) is 2.02. The van der Waals surface area contributed by atoms with Crippen LogP contribution in [0, 0.1) is 12.7 Å². The summed E-state index contributed by atoms with van der Waals surface area (Å²) in [6, 6.07) is 14.0. The standard InChI is InChI=1S/C20H16FN3OS/c1-12-19(15-4-2-3-5-16(15)22-12)17-11-26-20(23-17)24-18(25)10-13-6-8-14(21)9-7-13/h2-9,11,22H,10H2,1H3,(H,23,24,25). The van der Waals surface area contributed by atoms with Crippen LogP contribution in [0.5, 0.6) is 0 Å². The summed E-state index contributed by atoms with van der Waals surface area (Å²) in [5, 5.41) is 6.42. The van der Waals surface area contributed by atoms with Crippen LogP contribution in [0.1, 0.15) is 11.3 Å². The molecular formula is C20H16FN3OS. The van der Waals surface area contributed by atoms with Crippen molar-refractivity contribution < 1.29 is 9.18 Å². The third kappa shape index (κ3) is 3.23. The summed E-state index contributed by atoms with van der Waals surface area (Å²) in [5.41, 5.74) is 4.75. The Bertz CT molecular complexity index is 1080. The van der Waals surface area contributed by atoms with Crippen LogP contribution in [0.4, 0.5) is 9.52 Å². The van der Waals surface area contributed by atoms with Gasteiger partial charge in [0.2, 0.25) is 5.91 Å². The lowest BCUT2D eigenvalue weighted by Gasteiger charge is -2.02. The first-order valence-corrected chi connectivity index (χ1v) is 9.05. The molecule has 1 amide bonds. The minimum absolute atomic E-state index is 0.173. The van der Waals surface area contributed by atoms with Crippen LogP contribution in [-0.2, 0) is 11.2 Å². The zero-order valence-corrected chi connectivity index (χ0v) is 14.9. The maximum Gasteiger partial charge on any atom is 0.230 e. The monoisotopic (exact) mass is 365 g/mol. The molecule has 0 fully saturated rings. The molecule has 0 spiro atoms. The number of para-hydroxylation sites is 1. The molecule has 0 saturated carbocycles. The van der Waals surface area contributed by atoms with E-state index in [1.807, 2.05) is 30.5 Å². The van der Waals surface area contributed by atoms with Gasteiger partial charge in [0.15, 0.2) is 5.13 Å². The lowest BCUT2D eigenvalue weighted by molar-refractivity contribution is -0.115. The van der Waals surface area contributed by atoms with Crippen LogP contribution in [0.3, 0.4) is 0 Å². The van der Waals surface area contributed by atoms with E-state index in [2.05, 4.69) is 21.4 Å². The van der Waals surface area contributed by atoms with E-state index in [4.69, 9.17) is 0 Å². The van der Waals surface area contributed by atoms with Gasteiger partial charge in [-0.1, -0.05) is 30.3 Å². The van der Waals surface area contributed by atoms with Crippen molar-refractivity contribution in [2.75, 3.05) is 5.32 Å². The van der Waals surface area contributed by atoms with Crippen LogP contribution < -0.4 is 5.32 Å². The molecule has 4 nitrogen and oxygen atoms in total. The number of fused-ring (bicyclic) bond motifs is 1. The number of carbonyl (C=O) groups excluding carboxylic acids is 1. The molecule has 2 N–H and O–H groups in total. The predicted molar refractivity (Wildman–Crippen MR) is 103 cm³/mol. The summed E-state index contributed by atoms with van der Waals surface area (Å²) in [4.78, 5) is 20.1. The Balaban J connectivity index is 1.53. The highest BCUT2D eigenvalue weighted by Crippen LogP contribution is 2.33. The summed E-state index contributed by atoms with van der Waals surface area (Å²) in [6.07, 6.45) is 0.182. The van der Waals surface area contributed by atoms with Crippen molar-refractivity contribution >= 4 is 33.3 Å². The molecule has 0 aliphatic carbocycles. The Morgan fingerprint density at radius 3 is 2.77 bits per heavy atom. The Morgan fingerprint density at radius 2 is 1.96 bits per heavy atom. The average molecular weight is 365 g/mol. The molecule has 0 bridgehead atoms. The topological polar surface area (TPSA) is 57.8 Å². The number of hydrogen-bond acceptors (Lipinski definition) is 3. The van der Waals surface area contributed by atoms with E-state index in [0.29, 0.717) is 5.13 Å². The van der Waals surface area contributed by atoms with E-state index in [0.717, 1.165) is 33.4 Å². The maximum atomic E-state index is 12.9. The molecule has 0 radical (unpaired) electrons. The number of thiazole rings is 1. The van der Waals surface area contributed by atoms with Crippen molar-refractivity contribution in [3.05, 3.63) is 71.0 Å². The fraction of sp³-hybridized carbons (Fsp3) is 0.100. The normalized spacial score (nSPS) is 11.0. The van der Waals surface area contributed by atoms with Gasteiger partial charge in [-0.2, -0.15) is 0 Å². The molecular weight excluding hydrogens is 349 g/mol. The highest BCUT2D eigenvalue weighted by molar-refractivity contribution is 7.14. The van der Waals surface area contributed by atoms with Crippen LogP contribution in [0.15, 0.2) is 53.9 Å². The Morgan fingerprint density at radius 1 is 1.19 bits per heavy atom. The number of halogens is 1. The molecule has 26 heavy (non-hydrogen) atoms. The van der Waals surface area contributed by atoms with Gasteiger partial charge in [-0.3, -0.25) is 4.79 Å². The highest BCUT2D eigenvalue weighted by atomic mass is 32.1. The lowest BCUT2D eigenvalue weighted by atomic mass is 10.1. The van der Waals surface area contributed by atoms with Gasteiger partial charge in [0, 0.05) is 27.5 Å². The quantitative estimate of drug-likeness (QED) is 0.539. The summed E-state index contributed by atoms with van der Waals surface area (Å²) in [7, 11) is 0. The fourth-order valence-electron chi connectivity index (χ4n) is 3.00. The predicted octanol–water partition coefficient (Wildman–Crippen LogP) is 4.92. The molecule has 130 valence electrons. The van der Waals surface area contributed by atoms with Gasteiger partial charge in [-0.05, 0) is 30.7 Å². The number of benzene rings is 2. The van der Waals surface area contributed by atoms with Crippen molar-refractivity contribution in [2.45, 2.75) is 13.3 Å². The number of hydrogen-bond donors (Lipinski definition) is 2. The number of H-pyrrole nitrogens is 1. The molecule has 2 aromatic carbocycles. The van der Waals surface area contributed by atoms with Gasteiger partial charge in [-0.25, -0.2) is 9.37 Å². The van der Waals surface area contributed by atoms with Gasteiger partial charge < -0.3 is 10.3 Å². The Hall–Kier alpha value is -2.99. The zero-order chi connectivity index (χ0) is 18.1. The van der Waals surface area contributed by atoms with E-state index in [1.54, 1.807) is 12.1 Å². The van der Waals surface area contributed by atoms with Crippen molar-refractivity contribution in [3.63, 3.8) is 0 Å². The van der Waals surface area contributed by atoms with Gasteiger partial charge in [0.05, 0.1) is 12.1 Å². The maximum absolute atomic E-state index is 12.9. The van der Waals surface area contributed by atoms with Gasteiger partial charge in [-0.15, -0.1) is 11.3 Å². The number of nitrogens with zero attached hydrogens (tertiary/aromatic N) is 1. The molecule has 4 rings (SSSR count). The second kappa shape index (κ2) is 6.72. The summed E-state index contributed by atoms with van der Waals surface area (Å²) < 4.78 is 12.9.